The Morgan fingerprint density at radius 2 is 1.89 bits per heavy atom. The molecule has 3 heterocycles. The van der Waals surface area contributed by atoms with Crippen LogP contribution in [-0.4, -0.2) is 37.3 Å². The van der Waals surface area contributed by atoms with E-state index in [2.05, 4.69) is 16.8 Å². The molecule has 0 N–H and O–H groups in total. The van der Waals surface area contributed by atoms with Crippen LogP contribution in [0.1, 0.15) is 19.8 Å². The van der Waals surface area contributed by atoms with E-state index < -0.39 is 0 Å². The van der Waals surface area contributed by atoms with E-state index in [1.54, 1.807) is 24.5 Å². The summed E-state index contributed by atoms with van der Waals surface area (Å²) in [5, 5.41) is 4.81. The molecule has 3 aromatic rings. The summed E-state index contributed by atoms with van der Waals surface area (Å²) in [6.45, 7) is 5.05. The third kappa shape index (κ3) is 3.84. The van der Waals surface area contributed by atoms with Gasteiger partial charge in [0, 0.05) is 24.5 Å². The summed E-state index contributed by atoms with van der Waals surface area (Å²) in [7, 11) is 0. The third-order valence-electron chi connectivity index (χ3n) is 4.94. The van der Waals surface area contributed by atoms with Crippen LogP contribution in [-0.2, 0) is 6.67 Å². The molecule has 0 spiro atoms. The topological polar surface area (TPSA) is 38.9 Å². The monoisotopic (exact) mass is 383 g/mol. The maximum atomic E-state index is 13.4. The van der Waals surface area contributed by atoms with E-state index in [1.165, 1.54) is 25.0 Å². The largest absolute Gasteiger partial charge is 0.284 e. The first kappa shape index (κ1) is 18.0. The molecule has 2 aromatic heterocycles. The average molecular weight is 383 g/mol. The number of hydrogen-bond donors (Lipinski definition) is 0. The molecule has 1 aliphatic rings. The minimum atomic E-state index is -0.273. The van der Waals surface area contributed by atoms with Crippen LogP contribution < -0.4 is 0 Å². The van der Waals surface area contributed by atoms with Gasteiger partial charge in [-0.15, -0.1) is 5.10 Å². The van der Waals surface area contributed by atoms with Gasteiger partial charge in [-0.2, -0.15) is 0 Å². The van der Waals surface area contributed by atoms with Gasteiger partial charge in [-0.3, -0.25) is 14.5 Å². The van der Waals surface area contributed by atoms with Crippen molar-refractivity contribution in [2.45, 2.75) is 26.4 Å². The summed E-state index contributed by atoms with van der Waals surface area (Å²) in [5.74, 6) is 1.15. The lowest BCUT2D eigenvalue weighted by Crippen LogP contribution is -2.36. The van der Waals surface area contributed by atoms with Crippen molar-refractivity contribution in [2.75, 3.05) is 13.1 Å². The Morgan fingerprint density at radius 3 is 2.59 bits per heavy atom. The van der Waals surface area contributed by atoms with Crippen LogP contribution in [0.3, 0.4) is 0 Å². The lowest BCUT2D eigenvalue weighted by molar-refractivity contribution is 0.138. The van der Waals surface area contributed by atoms with E-state index in [0.717, 1.165) is 30.2 Å². The van der Waals surface area contributed by atoms with Crippen LogP contribution in [0.25, 0.3) is 17.1 Å². The van der Waals surface area contributed by atoms with Gasteiger partial charge < -0.3 is 0 Å². The Hall–Kier alpha value is -2.38. The van der Waals surface area contributed by atoms with Gasteiger partial charge in [-0.1, -0.05) is 6.92 Å². The van der Waals surface area contributed by atoms with Crippen LogP contribution in [0.5, 0.6) is 0 Å². The summed E-state index contributed by atoms with van der Waals surface area (Å²) in [5.41, 5.74) is 1.72. The fourth-order valence-corrected chi connectivity index (χ4v) is 3.91. The lowest BCUT2D eigenvalue weighted by Gasteiger charge is -2.30. The standard InChI is InChI=1S/C20H22FN5S/c1-15-3-2-12-24(13-15)14-25-20(27)26(18-6-4-17(21)5-7-18)19(23-25)16-8-10-22-11-9-16/h4-11,15H,2-3,12-14H2,1H3. The van der Waals surface area contributed by atoms with Crippen LogP contribution in [0.15, 0.2) is 48.8 Å². The maximum Gasteiger partial charge on any atom is 0.204 e. The van der Waals surface area contributed by atoms with Gasteiger partial charge in [0.2, 0.25) is 4.77 Å². The van der Waals surface area contributed by atoms with Gasteiger partial charge in [0.15, 0.2) is 5.82 Å². The van der Waals surface area contributed by atoms with Crippen molar-refractivity contribution >= 4 is 12.2 Å². The van der Waals surface area contributed by atoms with Crippen LogP contribution in [0, 0.1) is 16.5 Å². The number of pyridine rings is 1. The highest BCUT2D eigenvalue weighted by Gasteiger charge is 2.20. The molecule has 1 atom stereocenters. The Kier molecular flexibility index (Phi) is 5.13. The number of nitrogens with zero attached hydrogens (tertiary/aromatic N) is 5. The van der Waals surface area contributed by atoms with Crippen molar-refractivity contribution in [1.82, 2.24) is 24.2 Å². The molecular weight excluding hydrogens is 361 g/mol. The molecule has 0 aliphatic carbocycles. The highest BCUT2D eigenvalue weighted by molar-refractivity contribution is 7.71. The zero-order chi connectivity index (χ0) is 18.8. The quantitative estimate of drug-likeness (QED) is 0.630. The fourth-order valence-electron chi connectivity index (χ4n) is 3.62. The number of aromatic nitrogens is 4. The number of rotatable bonds is 4. The van der Waals surface area contributed by atoms with Crippen molar-refractivity contribution in [3.8, 4) is 17.1 Å². The first-order valence-electron chi connectivity index (χ1n) is 9.20. The highest BCUT2D eigenvalue weighted by atomic mass is 32.1. The molecular formula is C20H22FN5S. The molecule has 7 heteroatoms. The van der Waals surface area contributed by atoms with Crippen molar-refractivity contribution < 1.29 is 4.39 Å². The average Bonchev–Trinajstić information content (AvgIpc) is 3.00. The molecule has 1 fully saturated rings. The second-order valence-electron chi connectivity index (χ2n) is 7.12. The van der Waals surface area contributed by atoms with Gasteiger partial charge in [0.05, 0.1) is 12.4 Å². The Labute approximate surface area is 163 Å². The highest BCUT2D eigenvalue weighted by Crippen LogP contribution is 2.23. The minimum Gasteiger partial charge on any atom is -0.284 e. The van der Waals surface area contributed by atoms with Gasteiger partial charge in [-0.25, -0.2) is 9.07 Å². The van der Waals surface area contributed by atoms with Crippen LogP contribution >= 0.6 is 12.2 Å². The zero-order valence-electron chi connectivity index (χ0n) is 15.3. The first-order valence-corrected chi connectivity index (χ1v) is 9.61. The predicted molar refractivity (Wildman–Crippen MR) is 106 cm³/mol. The summed E-state index contributed by atoms with van der Waals surface area (Å²) in [4.78, 5) is 6.48. The molecule has 0 amide bonds. The van der Waals surface area contributed by atoms with Gasteiger partial charge in [-0.05, 0) is 73.9 Å². The molecule has 0 radical (unpaired) electrons. The molecule has 1 aliphatic heterocycles. The summed E-state index contributed by atoms with van der Waals surface area (Å²) < 4.78 is 17.8. The third-order valence-corrected chi connectivity index (χ3v) is 5.33. The Balaban J connectivity index is 1.77. The number of hydrogen-bond acceptors (Lipinski definition) is 4. The molecule has 1 saturated heterocycles. The van der Waals surface area contributed by atoms with Crippen LogP contribution in [0.4, 0.5) is 4.39 Å². The van der Waals surface area contributed by atoms with Crippen molar-refractivity contribution in [2.24, 2.45) is 5.92 Å². The van der Waals surface area contributed by atoms with E-state index in [1.807, 2.05) is 21.4 Å². The van der Waals surface area contributed by atoms with Gasteiger partial charge >= 0.3 is 0 Å². The van der Waals surface area contributed by atoms with Crippen LogP contribution in [0.2, 0.25) is 0 Å². The Bertz CT molecular complexity index is 964. The van der Waals surface area contributed by atoms with Crippen molar-refractivity contribution in [3.63, 3.8) is 0 Å². The number of halogens is 1. The van der Waals surface area contributed by atoms with E-state index in [-0.39, 0.29) is 5.82 Å². The number of likely N-dealkylation sites (tertiary alicyclic amines) is 1. The number of benzene rings is 1. The molecule has 5 nitrogen and oxygen atoms in total. The molecule has 4 rings (SSSR count). The SMILES string of the molecule is CC1CCCN(Cn2nc(-c3ccncc3)n(-c3ccc(F)cc3)c2=S)C1. The molecule has 140 valence electrons. The van der Waals surface area contributed by atoms with Gasteiger partial charge in [0.1, 0.15) is 5.82 Å². The smallest absolute Gasteiger partial charge is 0.204 e. The van der Waals surface area contributed by atoms with E-state index in [0.29, 0.717) is 17.4 Å². The molecule has 0 bridgehead atoms. The minimum absolute atomic E-state index is 0.273. The number of piperidine rings is 1. The molecule has 1 aromatic carbocycles. The molecule has 0 saturated carbocycles. The van der Waals surface area contributed by atoms with E-state index >= 15 is 0 Å². The maximum absolute atomic E-state index is 13.4. The molecule has 1 unspecified atom stereocenters. The second-order valence-corrected chi connectivity index (χ2v) is 7.48. The first-order chi connectivity index (χ1) is 13.1. The summed E-state index contributed by atoms with van der Waals surface area (Å²) >= 11 is 5.75. The normalized spacial score (nSPS) is 17.9. The molecule has 27 heavy (non-hydrogen) atoms. The van der Waals surface area contributed by atoms with Gasteiger partial charge in [0.25, 0.3) is 0 Å². The van der Waals surface area contributed by atoms with E-state index in [9.17, 15) is 4.39 Å². The summed E-state index contributed by atoms with van der Waals surface area (Å²) in [6.07, 6.45) is 5.94. The fraction of sp³-hybridized carbons (Fsp3) is 0.350. The lowest BCUT2D eigenvalue weighted by atomic mass is 10.0. The zero-order valence-corrected chi connectivity index (χ0v) is 16.1. The Morgan fingerprint density at radius 1 is 1.15 bits per heavy atom. The van der Waals surface area contributed by atoms with Crippen molar-refractivity contribution in [1.29, 1.82) is 0 Å². The summed E-state index contributed by atoms with van der Waals surface area (Å²) in [6, 6.07) is 10.2. The van der Waals surface area contributed by atoms with E-state index in [4.69, 9.17) is 17.3 Å². The second kappa shape index (κ2) is 7.70. The predicted octanol–water partition coefficient (Wildman–Crippen LogP) is 4.29. The van der Waals surface area contributed by atoms with Crippen molar-refractivity contribution in [3.05, 3.63) is 59.4 Å².